The Morgan fingerprint density at radius 3 is 1.13 bits per heavy atom. The quantitative estimate of drug-likeness (QED) is 0.0321. The molecule has 0 radical (unpaired) electrons. The molecule has 0 aromatic heterocycles. The first-order chi connectivity index (χ1) is 34.0. The Morgan fingerprint density at radius 1 is 0.406 bits per heavy atom. The molecule has 2 atom stereocenters. The molecule has 1 amide bonds. The van der Waals surface area contributed by atoms with Gasteiger partial charge in [0.25, 0.3) is 0 Å². The van der Waals surface area contributed by atoms with Gasteiger partial charge in [-0.1, -0.05) is 288 Å². The van der Waals surface area contributed by atoms with Gasteiger partial charge in [-0.3, -0.25) is 9.59 Å². The summed E-state index contributed by atoms with van der Waals surface area (Å²) in [5.41, 5.74) is 0. The van der Waals surface area contributed by atoms with Crippen molar-refractivity contribution >= 4 is 11.9 Å². The summed E-state index contributed by atoms with van der Waals surface area (Å²) in [6, 6.07) is -0.634. The maximum Gasteiger partial charge on any atom is 0.305 e. The van der Waals surface area contributed by atoms with E-state index in [1.807, 2.05) is 6.08 Å². The van der Waals surface area contributed by atoms with E-state index in [0.717, 1.165) is 51.4 Å². The SMILES string of the molecule is CCCCC/C=C\C/C=C\CCCCCCCCCCCC(=O)OCCCCCCCCCCCCCCCCCCC(=O)NC(CO)C(O)/C=C/CCCCCCCCCCCCCCCCC. The monoisotopic (exact) mass is 970 g/mol. The number of rotatable bonds is 57. The fourth-order valence-electron chi connectivity index (χ4n) is 9.43. The number of carbonyl (C=O) groups is 2. The first-order valence-electron chi connectivity index (χ1n) is 30.8. The minimum absolute atomic E-state index is 0.00140. The van der Waals surface area contributed by atoms with Gasteiger partial charge in [-0.25, -0.2) is 0 Å². The van der Waals surface area contributed by atoms with Gasteiger partial charge in [0.05, 0.1) is 25.4 Å². The van der Waals surface area contributed by atoms with Gasteiger partial charge in [0.15, 0.2) is 0 Å². The summed E-state index contributed by atoms with van der Waals surface area (Å²) >= 11 is 0. The predicted molar refractivity (Wildman–Crippen MR) is 301 cm³/mol. The van der Waals surface area contributed by atoms with Crippen molar-refractivity contribution in [1.82, 2.24) is 5.32 Å². The number of esters is 1. The molecule has 0 saturated carbocycles. The van der Waals surface area contributed by atoms with Crippen LogP contribution in [0.25, 0.3) is 0 Å². The first-order valence-corrected chi connectivity index (χ1v) is 30.8. The second-order valence-corrected chi connectivity index (χ2v) is 21.0. The molecule has 0 aliphatic carbocycles. The second kappa shape index (κ2) is 58.6. The zero-order valence-corrected chi connectivity index (χ0v) is 46.3. The molecule has 0 bridgehead atoms. The Bertz CT molecular complexity index is 1120. The van der Waals surface area contributed by atoms with Crippen LogP contribution >= 0.6 is 0 Å². The van der Waals surface area contributed by atoms with Crippen LogP contribution in [-0.4, -0.2) is 47.4 Å². The zero-order chi connectivity index (χ0) is 50.0. The van der Waals surface area contributed by atoms with E-state index in [2.05, 4.69) is 43.5 Å². The summed E-state index contributed by atoms with van der Waals surface area (Å²) in [5, 5.41) is 23.2. The molecule has 3 N–H and O–H groups in total. The predicted octanol–water partition coefficient (Wildman–Crippen LogP) is 19.2. The average molecular weight is 971 g/mol. The number of amides is 1. The Balaban J connectivity index is 3.44. The minimum atomic E-state index is -0.850. The van der Waals surface area contributed by atoms with E-state index in [1.165, 1.54) is 250 Å². The normalized spacial score (nSPS) is 12.8. The lowest BCUT2D eigenvalue weighted by molar-refractivity contribution is -0.143. The van der Waals surface area contributed by atoms with E-state index in [-0.39, 0.29) is 18.5 Å². The molecule has 0 saturated heterocycles. The van der Waals surface area contributed by atoms with Gasteiger partial charge in [0.2, 0.25) is 5.91 Å². The molecule has 2 unspecified atom stereocenters. The van der Waals surface area contributed by atoms with E-state index in [1.54, 1.807) is 6.08 Å². The number of carbonyl (C=O) groups excluding carboxylic acids is 2. The lowest BCUT2D eigenvalue weighted by atomic mass is 10.0. The Labute approximate surface area is 430 Å². The van der Waals surface area contributed by atoms with Crippen molar-refractivity contribution in [3.05, 3.63) is 36.5 Å². The van der Waals surface area contributed by atoms with Crippen LogP contribution in [0, 0.1) is 0 Å². The number of hydrogen-bond donors (Lipinski definition) is 3. The largest absolute Gasteiger partial charge is 0.466 e. The average Bonchev–Trinajstić information content (AvgIpc) is 3.35. The molecule has 6 heteroatoms. The van der Waals surface area contributed by atoms with Crippen molar-refractivity contribution in [2.24, 2.45) is 0 Å². The van der Waals surface area contributed by atoms with Crippen molar-refractivity contribution in [3.8, 4) is 0 Å². The van der Waals surface area contributed by atoms with Crippen LogP contribution in [0.15, 0.2) is 36.5 Å². The van der Waals surface area contributed by atoms with E-state index in [4.69, 9.17) is 4.74 Å². The summed E-state index contributed by atoms with van der Waals surface area (Å²) < 4.78 is 5.49. The molecular weight excluding hydrogens is 851 g/mol. The van der Waals surface area contributed by atoms with E-state index in [9.17, 15) is 19.8 Å². The van der Waals surface area contributed by atoms with Crippen LogP contribution in [0.5, 0.6) is 0 Å². The molecular formula is C63H119NO5. The molecule has 0 heterocycles. The molecule has 0 aliphatic rings. The highest BCUT2D eigenvalue weighted by molar-refractivity contribution is 5.76. The van der Waals surface area contributed by atoms with Gasteiger partial charge < -0.3 is 20.3 Å². The van der Waals surface area contributed by atoms with Crippen LogP contribution < -0.4 is 5.32 Å². The fraction of sp³-hybridized carbons (Fsp3) is 0.873. The summed E-state index contributed by atoms with van der Waals surface area (Å²) in [7, 11) is 0. The van der Waals surface area contributed by atoms with Crippen molar-refractivity contribution in [1.29, 1.82) is 0 Å². The van der Waals surface area contributed by atoms with E-state index < -0.39 is 12.1 Å². The lowest BCUT2D eigenvalue weighted by Crippen LogP contribution is -2.45. The van der Waals surface area contributed by atoms with Gasteiger partial charge in [-0.15, -0.1) is 0 Å². The second-order valence-electron chi connectivity index (χ2n) is 21.0. The third kappa shape index (κ3) is 55.2. The highest BCUT2D eigenvalue weighted by Crippen LogP contribution is 2.17. The van der Waals surface area contributed by atoms with Crippen molar-refractivity contribution < 1.29 is 24.5 Å². The van der Waals surface area contributed by atoms with Crippen molar-refractivity contribution in [3.63, 3.8) is 0 Å². The highest BCUT2D eigenvalue weighted by Gasteiger charge is 2.18. The molecule has 6 nitrogen and oxygen atoms in total. The molecule has 406 valence electrons. The first kappa shape index (κ1) is 67.1. The molecule has 0 aromatic carbocycles. The molecule has 0 aliphatic heterocycles. The highest BCUT2D eigenvalue weighted by atomic mass is 16.5. The smallest absolute Gasteiger partial charge is 0.305 e. The van der Waals surface area contributed by atoms with Crippen LogP contribution in [0.4, 0.5) is 0 Å². The van der Waals surface area contributed by atoms with Crippen LogP contribution in [0.3, 0.4) is 0 Å². The van der Waals surface area contributed by atoms with Gasteiger partial charge >= 0.3 is 5.97 Å². The van der Waals surface area contributed by atoms with E-state index >= 15 is 0 Å². The molecule has 0 aromatic rings. The number of unbranched alkanes of at least 4 members (excludes halogenated alkanes) is 42. The number of allylic oxidation sites excluding steroid dienone is 5. The summed E-state index contributed by atoms with van der Waals surface area (Å²) in [6.07, 6.45) is 73.1. The molecule has 0 fully saturated rings. The Hall–Kier alpha value is -1.92. The summed E-state index contributed by atoms with van der Waals surface area (Å²) in [6.45, 7) is 4.88. The van der Waals surface area contributed by atoms with Crippen LogP contribution in [0.2, 0.25) is 0 Å². The number of aliphatic hydroxyl groups excluding tert-OH is 2. The molecule has 0 spiro atoms. The third-order valence-corrected chi connectivity index (χ3v) is 14.2. The maximum atomic E-state index is 12.5. The van der Waals surface area contributed by atoms with Crippen LogP contribution in [0.1, 0.15) is 328 Å². The topological polar surface area (TPSA) is 95.9 Å². The minimum Gasteiger partial charge on any atom is -0.466 e. The number of hydrogen-bond acceptors (Lipinski definition) is 5. The number of ether oxygens (including phenoxy) is 1. The number of nitrogens with one attached hydrogen (secondary N) is 1. The Kier molecular flexibility index (Phi) is 57.0. The lowest BCUT2D eigenvalue weighted by Gasteiger charge is -2.20. The van der Waals surface area contributed by atoms with Crippen LogP contribution in [-0.2, 0) is 14.3 Å². The summed E-state index contributed by atoms with van der Waals surface area (Å²) in [5.74, 6) is -0.0746. The fourth-order valence-corrected chi connectivity index (χ4v) is 9.43. The maximum absolute atomic E-state index is 12.5. The molecule has 0 rings (SSSR count). The number of aliphatic hydroxyl groups is 2. The van der Waals surface area contributed by atoms with Gasteiger partial charge in [0, 0.05) is 12.8 Å². The third-order valence-electron chi connectivity index (χ3n) is 14.2. The zero-order valence-electron chi connectivity index (χ0n) is 46.3. The van der Waals surface area contributed by atoms with Gasteiger partial charge in [0.1, 0.15) is 0 Å². The standard InChI is InChI=1S/C63H119NO5/c1-3-5-7-9-11-13-15-17-19-21-22-24-29-33-37-41-45-49-53-57-63(68)69-58-54-50-46-42-38-34-30-26-25-28-32-36-40-44-48-52-56-62(67)64-60(59-65)61(66)55-51-47-43-39-35-31-27-23-20-18-16-14-12-10-8-6-4-2/h11,13,17,19,51,55,60-61,65-66H,3-10,12,14-16,18,20-50,52-54,56-59H2,1-2H3,(H,64,67)/b13-11-,19-17-,55-51+. The Morgan fingerprint density at radius 2 is 0.725 bits per heavy atom. The van der Waals surface area contributed by atoms with Crippen molar-refractivity contribution in [2.75, 3.05) is 13.2 Å². The van der Waals surface area contributed by atoms with Gasteiger partial charge in [-0.05, 0) is 64.2 Å². The molecule has 69 heavy (non-hydrogen) atoms. The van der Waals surface area contributed by atoms with Gasteiger partial charge in [-0.2, -0.15) is 0 Å². The van der Waals surface area contributed by atoms with E-state index in [0.29, 0.717) is 19.4 Å². The van der Waals surface area contributed by atoms with Crippen molar-refractivity contribution in [2.45, 2.75) is 341 Å². The summed E-state index contributed by atoms with van der Waals surface area (Å²) in [4.78, 5) is 24.6.